The molecule has 1 saturated heterocycles. The molecule has 2 nitrogen and oxygen atoms in total. The highest BCUT2D eigenvalue weighted by atomic mass is 19.1. The van der Waals surface area contributed by atoms with Crippen LogP contribution in [0.15, 0.2) is 48.5 Å². The lowest BCUT2D eigenvalue weighted by Gasteiger charge is -2.27. The fourth-order valence-electron chi connectivity index (χ4n) is 4.55. The fourth-order valence-corrected chi connectivity index (χ4v) is 4.55. The average molecular weight is 310 g/mol. The molecule has 3 heteroatoms. The van der Waals surface area contributed by atoms with E-state index in [9.17, 15) is 4.39 Å². The number of benzene rings is 2. The van der Waals surface area contributed by atoms with E-state index >= 15 is 0 Å². The first-order chi connectivity index (χ1) is 11.1. The van der Waals surface area contributed by atoms with Gasteiger partial charge >= 0.3 is 0 Å². The second kappa shape index (κ2) is 5.73. The fraction of sp³-hybridized carbons (Fsp3) is 0.400. The third-order valence-electron chi connectivity index (χ3n) is 5.44. The maximum absolute atomic E-state index is 13.1. The van der Waals surface area contributed by atoms with Crippen LogP contribution in [0.5, 0.6) is 0 Å². The van der Waals surface area contributed by atoms with Crippen molar-refractivity contribution in [2.75, 3.05) is 27.2 Å². The summed E-state index contributed by atoms with van der Waals surface area (Å²) in [6, 6.07) is 16.4. The van der Waals surface area contributed by atoms with Gasteiger partial charge in [0.1, 0.15) is 5.82 Å². The molecule has 0 bridgehead atoms. The summed E-state index contributed by atoms with van der Waals surface area (Å²) in [5.41, 5.74) is 4.23. The molecule has 4 rings (SSSR count). The van der Waals surface area contributed by atoms with Crippen molar-refractivity contribution in [1.29, 1.82) is 0 Å². The number of fused-ring (bicyclic) bond motifs is 3. The van der Waals surface area contributed by atoms with E-state index in [4.69, 9.17) is 0 Å². The summed E-state index contributed by atoms with van der Waals surface area (Å²) < 4.78 is 13.1. The summed E-state index contributed by atoms with van der Waals surface area (Å²) >= 11 is 0. The molecule has 23 heavy (non-hydrogen) atoms. The van der Waals surface area contributed by atoms with Crippen molar-refractivity contribution in [1.82, 2.24) is 9.80 Å². The zero-order chi connectivity index (χ0) is 16.0. The van der Waals surface area contributed by atoms with Crippen LogP contribution in [0.3, 0.4) is 0 Å². The topological polar surface area (TPSA) is 6.48 Å². The highest BCUT2D eigenvalue weighted by Gasteiger charge is 2.46. The van der Waals surface area contributed by atoms with E-state index in [1.54, 1.807) is 12.1 Å². The average Bonchev–Trinajstić information content (AvgIpc) is 3.05. The highest BCUT2D eigenvalue weighted by molar-refractivity contribution is 5.41. The normalized spacial score (nSPS) is 26.5. The van der Waals surface area contributed by atoms with Gasteiger partial charge in [0.15, 0.2) is 0 Å². The van der Waals surface area contributed by atoms with Gasteiger partial charge in [-0.2, -0.15) is 0 Å². The van der Waals surface area contributed by atoms with Crippen LogP contribution in [0.25, 0.3) is 0 Å². The standard InChI is InChI=1S/C20H23FN2/c1-22(2)20-17-6-4-3-5-16(17)18-12-23(13-19(18)20)11-14-7-9-15(21)10-8-14/h3-10,18-20H,11-13H2,1-2H3/t18-,19-,20-/m0/s1. The first kappa shape index (κ1) is 14.9. The Morgan fingerprint density at radius 2 is 1.70 bits per heavy atom. The first-order valence-corrected chi connectivity index (χ1v) is 8.35. The van der Waals surface area contributed by atoms with Gasteiger partial charge in [0.2, 0.25) is 0 Å². The van der Waals surface area contributed by atoms with Gasteiger partial charge in [-0.3, -0.25) is 4.90 Å². The van der Waals surface area contributed by atoms with Gasteiger partial charge in [0.25, 0.3) is 0 Å². The summed E-state index contributed by atoms with van der Waals surface area (Å²) in [5.74, 6) is 1.12. The van der Waals surface area contributed by atoms with Crippen LogP contribution in [0.4, 0.5) is 4.39 Å². The second-order valence-corrected chi connectivity index (χ2v) is 7.13. The van der Waals surface area contributed by atoms with Crippen molar-refractivity contribution in [3.8, 4) is 0 Å². The Labute approximate surface area is 137 Å². The molecule has 0 spiro atoms. The molecule has 0 radical (unpaired) electrons. The van der Waals surface area contributed by atoms with Crippen LogP contribution < -0.4 is 0 Å². The molecule has 1 fully saturated rings. The Bertz CT molecular complexity index is 695. The molecule has 0 N–H and O–H groups in total. The molecule has 2 aromatic carbocycles. The van der Waals surface area contributed by atoms with E-state index in [0.29, 0.717) is 17.9 Å². The van der Waals surface area contributed by atoms with E-state index in [-0.39, 0.29) is 5.82 Å². The van der Waals surface area contributed by atoms with Crippen molar-refractivity contribution in [3.05, 3.63) is 71.0 Å². The third kappa shape index (κ3) is 2.58. The van der Waals surface area contributed by atoms with Gasteiger partial charge in [-0.25, -0.2) is 4.39 Å². The molecular formula is C20H23FN2. The molecule has 120 valence electrons. The monoisotopic (exact) mass is 310 g/mol. The largest absolute Gasteiger partial charge is 0.302 e. The first-order valence-electron chi connectivity index (χ1n) is 8.35. The van der Waals surface area contributed by atoms with Crippen molar-refractivity contribution in [2.45, 2.75) is 18.5 Å². The third-order valence-corrected chi connectivity index (χ3v) is 5.44. The van der Waals surface area contributed by atoms with Crippen molar-refractivity contribution >= 4 is 0 Å². The minimum Gasteiger partial charge on any atom is -0.302 e. The van der Waals surface area contributed by atoms with Crippen LogP contribution in [-0.2, 0) is 6.54 Å². The summed E-state index contributed by atoms with van der Waals surface area (Å²) in [5, 5.41) is 0. The molecule has 1 heterocycles. The number of nitrogens with zero attached hydrogens (tertiary/aromatic N) is 2. The predicted octanol–water partition coefficient (Wildman–Crippen LogP) is 3.66. The minimum atomic E-state index is -0.159. The Morgan fingerprint density at radius 1 is 1.00 bits per heavy atom. The van der Waals surface area contributed by atoms with Gasteiger partial charge in [0.05, 0.1) is 0 Å². The molecule has 0 aromatic heterocycles. The molecule has 2 aliphatic rings. The lowest BCUT2D eigenvalue weighted by Crippen LogP contribution is -2.28. The van der Waals surface area contributed by atoms with Crippen LogP contribution in [-0.4, -0.2) is 37.0 Å². The van der Waals surface area contributed by atoms with Crippen LogP contribution >= 0.6 is 0 Å². The number of hydrogen-bond acceptors (Lipinski definition) is 2. The van der Waals surface area contributed by atoms with E-state index in [1.807, 2.05) is 12.1 Å². The van der Waals surface area contributed by atoms with E-state index in [2.05, 4.69) is 48.2 Å². The van der Waals surface area contributed by atoms with Gasteiger partial charge in [-0.15, -0.1) is 0 Å². The number of likely N-dealkylation sites (tertiary alicyclic amines) is 1. The summed E-state index contributed by atoms with van der Waals surface area (Å²) in [6.07, 6.45) is 0. The number of halogens is 1. The van der Waals surface area contributed by atoms with Gasteiger partial charge in [0, 0.05) is 31.6 Å². The second-order valence-electron chi connectivity index (χ2n) is 7.13. The predicted molar refractivity (Wildman–Crippen MR) is 90.8 cm³/mol. The molecule has 0 amide bonds. The summed E-state index contributed by atoms with van der Waals surface area (Å²) in [6.45, 7) is 3.12. The molecule has 0 saturated carbocycles. The molecule has 0 unspecified atom stereocenters. The van der Waals surface area contributed by atoms with E-state index in [1.165, 1.54) is 16.7 Å². The zero-order valence-electron chi connectivity index (χ0n) is 13.7. The Hall–Kier alpha value is -1.71. The number of hydrogen-bond donors (Lipinski definition) is 0. The lowest BCUT2D eigenvalue weighted by molar-refractivity contribution is 0.212. The Morgan fingerprint density at radius 3 is 2.39 bits per heavy atom. The van der Waals surface area contributed by atoms with Crippen LogP contribution in [0, 0.1) is 11.7 Å². The summed E-state index contributed by atoms with van der Waals surface area (Å²) in [4.78, 5) is 4.89. The van der Waals surface area contributed by atoms with Crippen molar-refractivity contribution in [3.63, 3.8) is 0 Å². The van der Waals surface area contributed by atoms with Crippen molar-refractivity contribution < 1.29 is 4.39 Å². The smallest absolute Gasteiger partial charge is 0.123 e. The van der Waals surface area contributed by atoms with Crippen LogP contribution in [0.1, 0.15) is 28.7 Å². The van der Waals surface area contributed by atoms with Gasteiger partial charge < -0.3 is 4.90 Å². The zero-order valence-corrected chi connectivity index (χ0v) is 13.7. The highest BCUT2D eigenvalue weighted by Crippen LogP contribution is 2.51. The van der Waals surface area contributed by atoms with E-state index in [0.717, 1.165) is 19.6 Å². The maximum Gasteiger partial charge on any atom is 0.123 e. The van der Waals surface area contributed by atoms with Gasteiger partial charge in [-0.1, -0.05) is 36.4 Å². The van der Waals surface area contributed by atoms with E-state index < -0.39 is 0 Å². The SMILES string of the molecule is CN(C)[C@H]1c2ccccc2[C@@H]2CN(Cc3ccc(F)cc3)C[C@@H]21. The lowest BCUT2D eigenvalue weighted by atomic mass is 9.94. The molecule has 1 aliphatic carbocycles. The number of rotatable bonds is 3. The Balaban J connectivity index is 1.56. The molecular weight excluding hydrogens is 287 g/mol. The molecule has 1 aliphatic heterocycles. The van der Waals surface area contributed by atoms with Crippen molar-refractivity contribution in [2.24, 2.45) is 5.92 Å². The minimum absolute atomic E-state index is 0.159. The Kier molecular flexibility index (Phi) is 3.70. The summed E-state index contributed by atoms with van der Waals surface area (Å²) in [7, 11) is 4.37. The van der Waals surface area contributed by atoms with Crippen LogP contribution in [0.2, 0.25) is 0 Å². The quantitative estimate of drug-likeness (QED) is 0.854. The van der Waals surface area contributed by atoms with Gasteiger partial charge in [-0.05, 0) is 48.8 Å². The molecule has 3 atom stereocenters. The molecule has 2 aromatic rings. The maximum atomic E-state index is 13.1.